The standard InChI is InChI=1S/C12H12OS/c13-9-10-5-4-8-12(10)14-11-6-2-1-3-7-11/h1-8,10,13H,9H2/t10-/m0/s1. The van der Waals surface area contributed by atoms with Crippen molar-refractivity contribution in [3.05, 3.63) is 53.5 Å². The first-order valence-electron chi connectivity index (χ1n) is 4.62. The van der Waals surface area contributed by atoms with E-state index in [4.69, 9.17) is 5.11 Å². The molecule has 0 bridgehead atoms. The van der Waals surface area contributed by atoms with E-state index in [0.717, 1.165) is 0 Å². The van der Waals surface area contributed by atoms with Gasteiger partial charge in [-0.3, -0.25) is 0 Å². The number of thioether (sulfide) groups is 1. The Kier molecular flexibility index (Phi) is 3.07. The van der Waals surface area contributed by atoms with Crippen molar-refractivity contribution >= 4 is 11.8 Å². The van der Waals surface area contributed by atoms with Crippen molar-refractivity contribution in [2.45, 2.75) is 4.90 Å². The third-order valence-electron chi connectivity index (χ3n) is 2.14. The Morgan fingerprint density at radius 2 is 2.00 bits per heavy atom. The van der Waals surface area contributed by atoms with Crippen LogP contribution in [0.25, 0.3) is 0 Å². The fraction of sp³-hybridized carbons (Fsp3) is 0.167. The Balaban J connectivity index is 2.06. The molecule has 1 aliphatic rings. The van der Waals surface area contributed by atoms with Gasteiger partial charge < -0.3 is 5.11 Å². The molecule has 2 rings (SSSR count). The summed E-state index contributed by atoms with van der Waals surface area (Å²) in [6.07, 6.45) is 6.11. The Morgan fingerprint density at radius 1 is 1.21 bits per heavy atom. The van der Waals surface area contributed by atoms with Crippen molar-refractivity contribution < 1.29 is 5.11 Å². The van der Waals surface area contributed by atoms with Crippen LogP contribution in [-0.4, -0.2) is 11.7 Å². The van der Waals surface area contributed by atoms with Crippen LogP contribution in [0.3, 0.4) is 0 Å². The maximum atomic E-state index is 9.11. The fourth-order valence-electron chi connectivity index (χ4n) is 1.39. The van der Waals surface area contributed by atoms with Gasteiger partial charge in [-0.05, 0) is 17.0 Å². The molecule has 0 fully saturated rings. The molecule has 1 N–H and O–H groups in total. The number of rotatable bonds is 3. The van der Waals surface area contributed by atoms with E-state index in [-0.39, 0.29) is 12.5 Å². The lowest BCUT2D eigenvalue weighted by atomic mass is 10.2. The van der Waals surface area contributed by atoms with Gasteiger partial charge >= 0.3 is 0 Å². The van der Waals surface area contributed by atoms with Crippen LogP contribution in [0.1, 0.15) is 0 Å². The first kappa shape index (κ1) is 9.56. The van der Waals surface area contributed by atoms with E-state index in [1.54, 1.807) is 11.8 Å². The van der Waals surface area contributed by atoms with Gasteiger partial charge in [0.2, 0.25) is 0 Å². The second-order valence-electron chi connectivity index (χ2n) is 3.16. The van der Waals surface area contributed by atoms with Gasteiger partial charge in [0.25, 0.3) is 0 Å². The van der Waals surface area contributed by atoms with Gasteiger partial charge in [-0.2, -0.15) is 0 Å². The summed E-state index contributed by atoms with van der Waals surface area (Å²) in [6, 6.07) is 10.2. The van der Waals surface area contributed by atoms with Gasteiger partial charge in [0.05, 0.1) is 6.61 Å². The van der Waals surface area contributed by atoms with Gasteiger partial charge in [0, 0.05) is 10.8 Å². The molecule has 1 aromatic rings. The Labute approximate surface area is 88.2 Å². The second kappa shape index (κ2) is 4.49. The molecule has 0 saturated heterocycles. The molecule has 1 atom stereocenters. The minimum absolute atomic E-state index is 0.195. The highest BCUT2D eigenvalue weighted by Gasteiger charge is 2.14. The molecule has 0 amide bonds. The highest BCUT2D eigenvalue weighted by molar-refractivity contribution is 8.03. The van der Waals surface area contributed by atoms with Gasteiger partial charge in [-0.1, -0.05) is 48.2 Å². The van der Waals surface area contributed by atoms with Gasteiger partial charge in [0.15, 0.2) is 0 Å². The van der Waals surface area contributed by atoms with E-state index in [2.05, 4.69) is 18.2 Å². The highest BCUT2D eigenvalue weighted by atomic mass is 32.2. The van der Waals surface area contributed by atoms with Crippen molar-refractivity contribution in [1.29, 1.82) is 0 Å². The van der Waals surface area contributed by atoms with Gasteiger partial charge in [-0.25, -0.2) is 0 Å². The topological polar surface area (TPSA) is 20.2 Å². The van der Waals surface area contributed by atoms with Crippen molar-refractivity contribution in [3.8, 4) is 0 Å². The van der Waals surface area contributed by atoms with Crippen LogP contribution in [0.15, 0.2) is 58.4 Å². The summed E-state index contributed by atoms with van der Waals surface area (Å²) in [7, 11) is 0. The number of aliphatic hydroxyl groups is 1. The minimum Gasteiger partial charge on any atom is -0.395 e. The van der Waals surface area contributed by atoms with Gasteiger partial charge in [0.1, 0.15) is 0 Å². The first-order chi connectivity index (χ1) is 6.90. The molecule has 0 aliphatic heterocycles. The molecule has 14 heavy (non-hydrogen) atoms. The predicted octanol–water partition coefficient (Wildman–Crippen LogP) is 2.84. The summed E-state index contributed by atoms with van der Waals surface area (Å²) >= 11 is 1.72. The number of benzene rings is 1. The largest absolute Gasteiger partial charge is 0.395 e. The molecular formula is C12H12OS. The van der Waals surface area contributed by atoms with E-state index in [1.807, 2.05) is 30.4 Å². The summed E-state index contributed by atoms with van der Waals surface area (Å²) in [4.78, 5) is 2.44. The van der Waals surface area contributed by atoms with Gasteiger partial charge in [-0.15, -0.1) is 0 Å². The van der Waals surface area contributed by atoms with E-state index < -0.39 is 0 Å². The van der Waals surface area contributed by atoms with Crippen molar-refractivity contribution in [2.75, 3.05) is 6.61 Å². The Hall–Kier alpha value is -0.990. The zero-order valence-corrected chi connectivity index (χ0v) is 8.58. The van der Waals surface area contributed by atoms with E-state index in [0.29, 0.717) is 0 Å². The van der Waals surface area contributed by atoms with Crippen molar-refractivity contribution in [2.24, 2.45) is 5.92 Å². The molecule has 0 aromatic heterocycles. The summed E-state index contributed by atoms with van der Waals surface area (Å²) < 4.78 is 0. The maximum absolute atomic E-state index is 9.11. The van der Waals surface area contributed by atoms with Crippen LogP contribution in [0.4, 0.5) is 0 Å². The molecule has 72 valence electrons. The molecule has 1 aliphatic carbocycles. The molecule has 0 saturated carbocycles. The van der Waals surface area contributed by atoms with Crippen LogP contribution in [0, 0.1) is 5.92 Å². The van der Waals surface area contributed by atoms with Crippen LogP contribution < -0.4 is 0 Å². The summed E-state index contributed by atoms with van der Waals surface area (Å²) in [5.41, 5.74) is 0. The van der Waals surface area contributed by atoms with Crippen LogP contribution in [-0.2, 0) is 0 Å². The monoisotopic (exact) mass is 204 g/mol. The average molecular weight is 204 g/mol. The second-order valence-corrected chi connectivity index (χ2v) is 4.31. The molecule has 1 aromatic carbocycles. The van der Waals surface area contributed by atoms with E-state index >= 15 is 0 Å². The lowest BCUT2D eigenvalue weighted by Gasteiger charge is -2.09. The summed E-state index contributed by atoms with van der Waals surface area (Å²) in [6.45, 7) is 0.197. The molecule has 1 nitrogen and oxygen atoms in total. The highest BCUT2D eigenvalue weighted by Crippen LogP contribution is 2.34. The average Bonchev–Trinajstić information content (AvgIpc) is 2.67. The molecule has 0 heterocycles. The first-order valence-corrected chi connectivity index (χ1v) is 5.44. The normalized spacial score (nSPS) is 19.8. The third kappa shape index (κ3) is 2.08. The predicted molar refractivity (Wildman–Crippen MR) is 60.1 cm³/mol. The number of allylic oxidation sites excluding steroid dienone is 2. The molecule has 0 spiro atoms. The summed E-state index contributed by atoms with van der Waals surface area (Å²) in [5.74, 6) is 0.195. The van der Waals surface area contributed by atoms with E-state index in [1.165, 1.54) is 9.80 Å². The molecular weight excluding hydrogens is 192 g/mol. The minimum atomic E-state index is 0.195. The smallest absolute Gasteiger partial charge is 0.0539 e. The molecule has 2 heteroatoms. The fourth-order valence-corrected chi connectivity index (χ4v) is 2.40. The van der Waals surface area contributed by atoms with Crippen LogP contribution >= 0.6 is 11.8 Å². The molecule has 0 unspecified atom stereocenters. The Morgan fingerprint density at radius 3 is 2.71 bits per heavy atom. The number of hydrogen-bond donors (Lipinski definition) is 1. The van der Waals surface area contributed by atoms with Crippen molar-refractivity contribution in [1.82, 2.24) is 0 Å². The number of aliphatic hydroxyl groups excluding tert-OH is 1. The third-order valence-corrected chi connectivity index (χ3v) is 3.33. The SMILES string of the molecule is OC[C@@H]1C=CC=C1Sc1ccccc1. The van der Waals surface area contributed by atoms with Crippen LogP contribution in [0.5, 0.6) is 0 Å². The van der Waals surface area contributed by atoms with Crippen molar-refractivity contribution in [3.63, 3.8) is 0 Å². The Bertz CT molecular complexity index is 354. The zero-order valence-electron chi connectivity index (χ0n) is 7.76. The molecule has 0 radical (unpaired) electrons. The quantitative estimate of drug-likeness (QED) is 0.817. The lowest BCUT2D eigenvalue weighted by Crippen LogP contribution is -2.00. The zero-order chi connectivity index (χ0) is 9.80. The summed E-state index contributed by atoms with van der Waals surface area (Å²) in [5, 5.41) is 9.11. The van der Waals surface area contributed by atoms with E-state index in [9.17, 15) is 0 Å². The number of hydrogen-bond acceptors (Lipinski definition) is 2. The van der Waals surface area contributed by atoms with Crippen LogP contribution in [0.2, 0.25) is 0 Å². The lowest BCUT2D eigenvalue weighted by molar-refractivity contribution is 0.273. The maximum Gasteiger partial charge on any atom is 0.0539 e.